The van der Waals surface area contributed by atoms with Gasteiger partial charge in [-0.2, -0.15) is 0 Å². The van der Waals surface area contributed by atoms with Gasteiger partial charge in [-0.15, -0.1) is 0 Å². The van der Waals surface area contributed by atoms with E-state index in [9.17, 15) is 14.4 Å². The summed E-state index contributed by atoms with van der Waals surface area (Å²) in [5, 5.41) is 2.72. The third-order valence-corrected chi connectivity index (χ3v) is 4.06. The second-order valence-electron chi connectivity index (χ2n) is 5.70. The summed E-state index contributed by atoms with van der Waals surface area (Å²) in [6.07, 6.45) is 1.28. The number of hydrogen-bond donors (Lipinski definition) is 1. The molecule has 0 radical (unpaired) electrons. The average Bonchev–Trinajstić information content (AvgIpc) is 2.59. The first-order chi connectivity index (χ1) is 11.0. The van der Waals surface area contributed by atoms with Crippen LogP contribution in [0.15, 0.2) is 24.3 Å². The van der Waals surface area contributed by atoms with Crippen molar-refractivity contribution in [2.75, 3.05) is 20.2 Å². The normalized spacial score (nSPS) is 15.1. The molecule has 1 N–H and O–H groups in total. The van der Waals surface area contributed by atoms with Crippen molar-refractivity contribution in [3.05, 3.63) is 35.4 Å². The van der Waals surface area contributed by atoms with Crippen LogP contribution in [0.2, 0.25) is 0 Å². The first kappa shape index (κ1) is 17.0. The summed E-state index contributed by atoms with van der Waals surface area (Å²) >= 11 is 0. The number of amides is 2. The lowest BCUT2D eigenvalue weighted by molar-refractivity contribution is -0.146. The van der Waals surface area contributed by atoms with Gasteiger partial charge >= 0.3 is 5.97 Å². The minimum atomic E-state index is -0.195. The van der Waals surface area contributed by atoms with E-state index < -0.39 is 0 Å². The predicted molar refractivity (Wildman–Crippen MR) is 84.6 cm³/mol. The lowest BCUT2D eigenvalue weighted by Crippen LogP contribution is -2.40. The molecular formula is C17H22N2O4. The Balaban J connectivity index is 1.91. The number of ether oxygens (including phenoxy) is 1. The number of methoxy groups -OCH3 is 1. The number of esters is 1. The van der Waals surface area contributed by atoms with Crippen LogP contribution >= 0.6 is 0 Å². The van der Waals surface area contributed by atoms with E-state index in [2.05, 4.69) is 5.32 Å². The first-order valence-corrected chi connectivity index (χ1v) is 7.71. The van der Waals surface area contributed by atoms with Crippen molar-refractivity contribution < 1.29 is 19.1 Å². The predicted octanol–water partition coefficient (Wildman–Crippen LogP) is 1.35. The van der Waals surface area contributed by atoms with Gasteiger partial charge in [0.05, 0.1) is 13.0 Å². The molecule has 0 aliphatic carbocycles. The van der Waals surface area contributed by atoms with Crippen molar-refractivity contribution >= 4 is 17.8 Å². The lowest BCUT2D eigenvalue weighted by atomic mass is 9.96. The van der Waals surface area contributed by atoms with Crippen LogP contribution in [0.25, 0.3) is 0 Å². The fourth-order valence-electron chi connectivity index (χ4n) is 2.66. The number of carbonyl (C=O) groups is 3. The fourth-order valence-corrected chi connectivity index (χ4v) is 2.66. The van der Waals surface area contributed by atoms with Gasteiger partial charge in [-0.25, -0.2) is 0 Å². The van der Waals surface area contributed by atoms with Gasteiger partial charge in [-0.05, 0) is 30.5 Å². The van der Waals surface area contributed by atoms with Gasteiger partial charge in [0.25, 0.3) is 5.91 Å². The molecular weight excluding hydrogens is 296 g/mol. The number of nitrogens with zero attached hydrogens (tertiary/aromatic N) is 1. The minimum absolute atomic E-state index is 0.0283. The highest BCUT2D eigenvalue weighted by atomic mass is 16.5. The Hall–Kier alpha value is -2.37. The number of piperidine rings is 1. The van der Waals surface area contributed by atoms with Crippen LogP contribution in [0.1, 0.15) is 35.7 Å². The summed E-state index contributed by atoms with van der Waals surface area (Å²) in [4.78, 5) is 36.6. The van der Waals surface area contributed by atoms with Crippen LogP contribution < -0.4 is 5.32 Å². The van der Waals surface area contributed by atoms with Crippen LogP contribution in [0.3, 0.4) is 0 Å². The highest BCUT2D eigenvalue weighted by Gasteiger charge is 2.28. The van der Waals surface area contributed by atoms with Crippen LogP contribution in [-0.2, 0) is 20.9 Å². The van der Waals surface area contributed by atoms with E-state index in [0.29, 0.717) is 38.0 Å². The molecule has 23 heavy (non-hydrogen) atoms. The van der Waals surface area contributed by atoms with E-state index in [-0.39, 0.29) is 23.7 Å². The Bertz CT molecular complexity index is 575. The van der Waals surface area contributed by atoms with Gasteiger partial charge in [0, 0.05) is 32.1 Å². The standard InChI is InChI=1S/C17H22N2O4/c1-12(20)18-11-13-3-5-14(6-4-13)16(21)19-9-7-15(8-10-19)17(22)23-2/h3-6,15H,7-11H2,1-2H3,(H,18,20). The van der Waals surface area contributed by atoms with Crippen LogP contribution in [0.5, 0.6) is 0 Å². The summed E-state index contributed by atoms with van der Waals surface area (Å²) in [5.41, 5.74) is 1.56. The summed E-state index contributed by atoms with van der Waals surface area (Å²) in [5.74, 6) is -0.415. The number of hydrogen-bond acceptors (Lipinski definition) is 4. The number of carbonyl (C=O) groups excluding carboxylic acids is 3. The summed E-state index contributed by atoms with van der Waals surface area (Å²) in [6, 6.07) is 7.21. The topological polar surface area (TPSA) is 75.7 Å². The van der Waals surface area contributed by atoms with Gasteiger partial charge in [0.15, 0.2) is 0 Å². The zero-order chi connectivity index (χ0) is 16.8. The number of nitrogens with one attached hydrogen (secondary N) is 1. The Kier molecular flexibility index (Phi) is 5.73. The molecule has 1 heterocycles. The largest absolute Gasteiger partial charge is 0.469 e. The third-order valence-electron chi connectivity index (χ3n) is 4.06. The number of rotatable bonds is 4. The monoisotopic (exact) mass is 318 g/mol. The molecule has 1 aromatic rings. The smallest absolute Gasteiger partial charge is 0.308 e. The molecule has 1 aliphatic heterocycles. The van der Waals surface area contributed by atoms with Crippen LogP contribution in [0, 0.1) is 5.92 Å². The highest BCUT2D eigenvalue weighted by Crippen LogP contribution is 2.20. The molecule has 6 nitrogen and oxygen atoms in total. The molecule has 2 amide bonds. The molecule has 0 saturated carbocycles. The molecule has 0 spiro atoms. The van der Waals surface area contributed by atoms with E-state index in [4.69, 9.17) is 4.74 Å². The summed E-state index contributed by atoms with van der Waals surface area (Å²) in [6.45, 7) is 3.04. The molecule has 0 atom stereocenters. The zero-order valence-corrected chi connectivity index (χ0v) is 13.5. The van der Waals surface area contributed by atoms with Gasteiger partial charge in [0.2, 0.25) is 5.91 Å². The highest BCUT2D eigenvalue weighted by molar-refractivity contribution is 5.94. The Morgan fingerprint density at radius 3 is 2.30 bits per heavy atom. The molecule has 0 bridgehead atoms. The molecule has 6 heteroatoms. The van der Waals surface area contributed by atoms with E-state index in [1.165, 1.54) is 14.0 Å². The maximum atomic E-state index is 12.5. The minimum Gasteiger partial charge on any atom is -0.469 e. The molecule has 1 aromatic carbocycles. The second kappa shape index (κ2) is 7.76. The maximum absolute atomic E-state index is 12.5. The van der Waals surface area contributed by atoms with Crippen LogP contribution in [-0.4, -0.2) is 42.9 Å². The van der Waals surface area contributed by atoms with Crippen LogP contribution in [0.4, 0.5) is 0 Å². The number of likely N-dealkylation sites (tertiary alicyclic amines) is 1. The van der Waals surface area contributed by atoms with Crippen molar-refractivity contribution in [3.63, 3.8) is 0 Å². The second-order valence-corrected chi connectivity index (χ2v) is 5.70. The Morgan fingerprint density at radius 1 is 1.17 bits per heavy atom. The van der Waals surface area contributed by atoms with Crippen molar-refractivity contribution in [2.24, 2.45) is 5.92 Å². The molecule has 1 saturated heterocycles. The zero-order valence-electron chi connectivity index (χ0n) is 13.5. The molecule has 0 unspecified atom stereocenters. The third kappa shape index (κ3) is 4.55. The molecule has 124 valence electrons. The molecule has 1 aliphatic rings. The van der Waals surface area contributed by atoms with Crippen molar-refractivity contribution in [1.82, 2.24) is 10.2 Å². The van der Waals surface area contributed by atoms with Crippen molar-refractivity contribution in [1.29, 1.82) is 0 Å². The molecule has 1 fully saturated rings. The van der Waals surface area contributed by atoms with Crippen molar-refractivity contribution in [2.45, 2.75) is 26.3 Å². The molecule has 0 aromatic heterocycles. The number of benzene rings is 1. The lowest BCUT2D eigenvalue weighted by Gasteiger charge is -2.30. The van der Waals surface area contributed by atoms with Gasteiger partial charge in [0.1, 0.15) is 0 Å². The summed E-state index contributed by atoms with van der Waals surface area (Å²) < 4.78 is 4.75. The van der Waals surface area contributed by atoms with Gasteiger partial charge in [-0.3, -0.25) is 14.4 Å². The fraction of sp³-hybridized carbons (Fsp3) is 0.471. The van der Waals surface area contributed by atoms with Crippen molar-refractivity contribution in [3.8, 4) is 0 Å². The Morgan fingerprint density at radius 2 is 1.78 bits per heavy atom. The average molecular weight is 318 g/mol. The van der Waals surface area contributed by atoms with E-state index in [1.54, 1.807) is 17.0 Å². The van der Waals surface area contributed by atoms with E-state index in [1.807, 2.05) is 12.1 Å². The molecule has 2 rings (SSSR count). The van der Waals surface area contributed by atoms with E-state index >= 15 is 0 Å². The Labute approximate surface area is 135 Å². The summed E-state index contributed by atoms with van der Waals surface area (Å²) in [7, 11) is 1.39. The van der Waals surface area contributed by atoms with Gasteiger partial charge < -0.3 is 15.0 Å². The SMILES string of the molecule is COC(=O)C1CCN(C(=O)c2ccc(CNC(C)=O)cc2)CC1. The van der Waals surface area contributed by atoms with E-state index in [0.717, 1.165) is 5.56 Å². The maximum Gasteiger partial charge on any atom is 0.308 e. The quantitative estimate of drug-likeness (QED) is 0.850. The van der Waals surface area contributed by atoms with Gasteiger partial charge in [-0.1, -0.05) is 12.1 Å². The first-order valence-electron chi connectivity index (χ1n) is 7.71.